The molecule has 0 aliphatic carbocycles. The van der Waals surface area contributed by atoms with Gasteiger partial charge in [-0.1, -0.05) is 30.3 Å². The van der Waals surface area contributed by atoms with E-state index >= 15 is 0 Å². The Morgan fingerprint density at radius 1 is 1.16 bits per heavy atom. The highest BCUT2D eigenvalue weighted by molar-refractivity contribution is 5.21. The number of nitrogens with one attached hydrogen (secondary N) is 1. The summed E-state index contributed by atoms with van der Waals surface area (Å²) < 4.78 is 5.66. The highest BCUT2D eigenvalue weighted by atomic mass is 16.5. The van der Waals surface area contributed by atoms with Gasteiger partial charge in [-0.15, -0.1) is 0 Å². The van der Waals surface area contributed by atoms with Gasteiger partial charge < -0.3 is 10.1 Å². The Morgan fingerprint density at radius 2 is 2.00 bits per heavy atom. The first-order valence-electron chi connectivity index (χ1n) is 6.65. The maximum Gasteiger partial charge on any atom is 0.122 e. The summed E-state index contributed by atoms with van der Waals surface area (Å²) in [5.74, 6) is 0.899. The molecule has 0 saturated heterocycles. The highest BCUT2D eigenvalue weighted by Crippen LogP contribution is 2.10. The van der Waals surface area contributed by atoms with Gasteiger partial charge >= 0.3 is 0 Å². The minimum Gasteiger partial charge on any atom is -0.493 e. The zero-order chi connectivity index (χ0) is 13.3. The molecule has 0 radical (unpaired) electrons. The number of aromatic nitrogens is 1. The standard InChI is InChI=1S/C16H20N2O/c1-14-12-16(8-10-18-14)19-11-5-9-17-13-15-6-3-2-4-7-15/h2-4,6-8,10,12,17H,5,9,11,13H2,1H3. The van der Waals surface area contributed by atoms with E-state index in [0.29, 0.717) is 0 Å². The van der Waals surface area contributed by atoms with Gasteiger partial charge in [0.2, 0.25) is 0 Å². The van der Waals surface area contributed by atoms with Crippen LogP contribution in [0.1, 0.15) is 17.7 Å². The van der Waals surface area contributed by atoms with Crippen molar-refractivity contribution in [1.82, 2.24) is 10.3 Å². The third kappa shape index (κ3) is 5.10. The first kappa shape index (κ1) is 13.6. The lowest BCUT2D eigenvalue weighted by Gasteiger charge is -2.07. The monoisotopic (exact) mass is 256 g/mol. The second-order valence-corrected chi connectivity index (χ2v) is 4.50. The SMILES string of the molecule is Cc1cc(OCCCNCc2ccccc2)ccn1. The average molecular weight is 256 g/mol. The fourth-order valence-corrected chi connectivity index (χ4v) is 1.83. The van der Waals surface area contributed by atoms with Crippen molar-refractivity contribution in [3.63, 3.8) is 0 Å². The minimum absolute atomic E-state index is 0.727. The van der Waals surface area contributed by atoms with Crippen LogP contribution in [0.5, 0.6) is 5.75 Å². The predicted molar refractivity (Wildman–Crippen MR) is 77.2 cm³/mol. The van der Waals surface area contributed by atoms with Crippen molar-refractivity contribution in [2.24, 2.45) is 0 Å². The number of rotatable bonds is 7. The molecule has 3 heteroatoms. The van der Waals surface area contributed by atoms with E-state index in [4.69, 9.17) is 4.74 Å². The van der Waals surface area contributed by atoms with Crippen molar-refractivity contribution in [1.29, 1.82) is 0 Å². The second-order valence-electron chi connectivity index (χ2n) is 4.50. The molecule has 0 saturated carbocycles. The molecule has 3 nitrogen and oxygen atoms in total. The van der Waals surface area contributed by atoms with Crippen molar-refractivity contribution in [3.8, 4) is 5.75 Å². The predicted octanol–water partition coefficient (Wildman–Crippen LogP) is 2.95. The summed E-state index contributed by atoms with van der Waals surface area (Å²) in [6.45, 7) is 4.56. The largest absolute Gasteiger partial charge is 0.493 e. The Bertz CT molecular complexity index is 485. The molecule has 1 heterocycles. The first-order chi connectivity index (χ1) is 9.34. The second kappa shape index (κ2) is 7.54. The molecule has 0 aliphatic heterocycles. The van der Waals surface area contributed by atoms with E-state index in [0.717, 1.165) is 37.6 Å². The summed E-state index contributed by atoms with van der Waals surface area (Å²) in [4.78, 5) is 4.14. The van der Waals surface area contributed by atoms with Crippen LogP contribution in [0.2, 0.25) is 0 Å². The van der Waals surface area contributed by atoms with Crippen LogP contribution < -0.4 is 10.1 Å². The van der Waals surface area contributed by atoms with Crippen LogP contribution in [-0.4, -0.2) is 18.1 Å². The van der Waals surface area contributed by atoms with E-state index in [9.17, 15) is 0 Å². The molecule has 1 aromatic carbocycles. The molecule has 0 amide bonds. The molecule has 0 fully saturated rings. The molecule has 1 aromatic heterocycles. The Labute approximate surface area is 114 Å². The minimum atomic E-state index is 0.727. The third-order valence-corrected chi connectivity index (χ3v) is 2.81. The summed E-state index contributed by atoms with van der Waals surface area (Å²) in [6, 6.07) is 14.3. The lowest BCUT2D eigenvalue weighted by atomic mass is 10.2. The molecular weight excluding hydrogens is 236 g/mol. The van der Waals surface area contributed by atoms with Crippen LogP contribution in [0.25, 0.3) is 0 Å². The van der Waals surface area contributed by atoms with Gasteiger partial charge in [0.15, 0.2) is 0 Å². The number of nitrogens with zero attached hydrogens (tertiary/aromatic N) is 1. The van der Waals surface area contributed by atoms with Gasteiger partial charge in [0.1, 0.15) is 5.75 Å². The molecule has 1 N–H and O–H groups in total. The summed E-state index contributed by atoms with van der Waals surface area (Å²) in [6.07, 6.45) is 2.77. The Kier molecular flexibility index (Phi) is 5.38. The van der Waals surface area contributed by atoms with Crippen molar-refractivity contribution >= 4 is 0 Å². The van der Waals surface area contributed by atoms with Gasteiger partial charge in [-0.25, -0.2) is 0 Å². The van der Waals surface area contributed by atoms with E-state index in [-0.39, 0.29) is 0 Å². The van der Waals surface area contributed by atoms with E-state index < -0.39 is 0 Å². The molecular formula is C16H20N2O. The molecule has 0 aliphatic rings. The third-order valence-electron chi connectivity index (χ3n) is 2.81. The number of ether oxygens (including phenoxy) is 1. The molecule has 100 valence electrons. The Morgan fingerprint density at radius 3 is 2.79 bits per heavy atom. The topological polar surface area (TPSA) is 34.1 Å². The normalized spacial score (nSPS) is 10.4. The molecule has 0 unspecified atom stereocenters. The summed E-state index contributed by atoms with van der Waals surface area (Å²) in [7, 11) is 0. The van der Waals surface area contributed by atoms with Crippen molar-refractivity contribution in [2.75, 3.05) is 13.2 Å². The number of pyridine rings is 1. The van der Waals surface area contributed by atoms with Gasteiger partial charge in [0, 0.05) is 24.5 Å². The van der Waals surface area contributed by atoms with Crippen LogP contribution in [-0.2, 0) is 6.54 Å². The summed E-state index contributed by atoms with van der Waals surface area (Å²) in [5, 5.41) is 3.41. The highest BCUT2D eigenvalue weighted by Gasteiger charge is 1.95. The average Bonchev–Trinajstić information content (AvgIpc) is 2.44. The van der Waals surface area contributed by atoms with Gasteiger partial charge in [-0.05, 0) is 31.5 Å². The van der Waals surface area contributed by atoms with Crippen LogP contribution in [0.15, 0.2) is 48.7 Å². The Balaban J connectivity index is 1.58. The van der Waals surface area contributed by atoms with Crippen LogP contribution >= 0.6 is 0 Å². The van der Waals surface area contributed by atoms with Gasteiger partial charge in [0.25, 0.3) is 0 Å². The van der Waals surface area contributed by atoms with Crippen LogP contribution in [0.4, 0.5) is 0 Å². The fraction of sp³-hybridized carbons (Fsp3) is 0.312. The van der Waals surface area contributed by atoms with Crippen molar-refractivity contribution in [2.45, 2.75) is 19.9 Å². The lowest BCUT2D eigenvalue weighted by Crippen LogP contribution is -2.16. The van der Waals surface area contributed by atoms with Crippen LogP contribution in [0.3, 0.4) is 0 Å². The van der Waals surface area contributed by atoms with E-state index in [1.807, 2.05) is 25.1 Å². The number of hydrogen-bond acceptors (Lipinski definition) is 3. The molecule has 19 heavy (non-hydrogen) atoms. The van der Waals surface area contributed by atoms with Gasteiger partial charge in [0.05, 0.1) is 6.61 Å². The summed E-state index contributed by atoms with van der Waals surface area (Å²) >= 11 is 0. The molecule has 0 spiro atoms. The number of aryl methyl sites for hydroxylation is 1. The van der Waals surface area contributed by atoms with E-state index in [1.54, 1.807) is 6.20 Å². The van der Waals surface area contributed by atoms with Crippen molar-refractivity contribution in [3.05, 3.63) is 59.9 Å². The molecule has 2 rings (SSSR count). The quantitative estimate of drug-likeness (QED) is 0.773. The zero-order valence-electron chi connectivity index (χ0n) is 11.3. The van der Waals surface area contributed by atoms with Crippen molar-refractivity contribution < 1.29 is 4.74 Å². The summed E-state index contributed by atoms with van der Waals surface area (Å²) in [5.41, 5.74) is 2.30. The maximum atomic E-state index is 5.66. The lowest BCUT2D eigenvalue weighted by molar-refractivity contribution is 0.307. The molecule has 0 bridgehead atoms. The first-order valence-corrected chi connectivity index (χ1v) is 6.65. The molecule has 2 aromatic rings. The van der Waals surface area contributed by atoms with Gasteiger partial charge in [-0.3, -0.25) is 4.98 Å². The fourth-order valence-electron chi connectivity index (χ4n) is 1.83. The van der Waals surface area contributed by atoms with E-state index in [1.165, 1.54) is 5.56 Å². The number of hydrogen-bond donors (Lipinski definition) is 1. The number of benzene rings is 1. The molecule has 0 atom stereocenters. The zero-order valence-corrected chi connectivity index (χ0v) is 11.3. The van der Waals surface area contributed by atoms with Crippen LogP contribution in [0, 0.1) is 6.92 Å². The smallest absolute Gasteiger partial charge is 0.122 e. The van der Waals surface area contributed by atoms with Gasteiger partial charge in [-0.2, -0.15) is 0 Å². The Hall–Kier alpha value is -1.87. The van der Waals surface area contributed by atoms with E-state index in [2.05, 4.69) is 34.6 Å². The maximum absolute atomic E-state index is 5.66.